The number of nitrogens with zero attached hydrogens (tertiary/aromatic N) is 3. The molecule has 1 aromatic carbocycles. The normalized spacial score (nSPS) is 24.3. The zero-order valence-corrected chi connectivity index (χ0v) is 18.7. The molecule has 3 aliphatic rings. The fourth-order valence-corrected chi connectivity index (χ4v) is 4.92. The van der Waals surface area contributed by atoms with E-state index in [1.54, 1.807) is 9.80 Å². The smallest absolute Gasteiger partial charge is 0.410 e. The van der Waals surface area contributed by atoms with Crippen LogP contribution in [0.3, 0.4) is 0 Å². The van der Waals surface area contributed by atoms with E-state index in [1.165, 1.54) is 0 Å². The van der Waals surface area contributed by atoms with E-state index in [0.29, 0.717) is 32.6 Å². The van der Waals surface area contributed by atoms with Crippen LogP contribution in [0, 0.1) is 5.41 Å². The molecule has 0 radical (unpaired) electrons. The lowest BCUT2D eigenvalue weighted by Crippen LogP contribution is -2.48. The molecule has 1 saturated carbocycles. The topological polar surface area (TPSA) is 93.5 Å². The molecule has 3 fully saturated rings. The number of benzene rings is 1. The lowest BCUT2D eigenvalue weighted by Gasteiger charge is -2.38. The predicted octanol–water partition coefficient (Wildman–Crippen LogP) is 1.46. The molecule has 2 atom stereocenters. The second-order valence-electron chi connectivity index (χ2n) is 9.42. The molecular formula is C24H35N3O5. The van der Waals surface area contributed by atoms with E-state index in [-0.39, 0.29) is 43.1 Å². The van der Waals surface area contributed by atoms with Crippen molar-refractivity contribution in [3.8, 4) is 0 Å². The Kier molecular flexibility index (Phi) is 7.33. The molecule has 2 N–H and O–H groups in total. The number of ether oxygens (including phenoxy) is 1. The average Bonchev–Trinajstić information content (AvgIpc) is 3.61. The van der Waals surface area contributed by atoms with Crippen molar-refractivity contribution in [2.45, 2.75) is 50.9 Å². The highest BCUT2D eigenvalue weighted by molar-refractivity contribution is 5.78. The van der Waals surface area contributed by atoms with Crippen LogP contribution in [0.4, 0.5) is 4.79 Å². The highest BCUT2D eigenvalue weighted by atomic mass is 16.6. The minimum atomic E-state index is -0.416. The summed E-state index contributed by atoms with van der Waals surface area (Å²) in [5, 5.41) is 20.4. The molecule has 1 aromatic rings. The third-order valence-electron chi connectivity index (χ3n) is 7.38. The Bertz CT molecular complexity index is 785. The van der Waals surface area contributed by atoms with E-state index in [9.17, 15) is 19.8 Å². The minimum absolute atomic E-state index is 0.0435. The monoisotopic (exact) mass is 445 g/mol. The van der Waals surface area contributed by atoms with Gasteiger partial charge in [0.15, 0.2) is 0 Å². The van der Waals surface area contributed by atoms with Crippen LogP contribution in [-0.4, -0.2) is 94.9 Å². The van der Waals surface area contributed by atoms with Crippen LogP contribution in [0.5, 0.6) is 0 Å². The summed E-state index contributed by atoms with van der Waals surface area (Å²) in [6.07, 6.45) is 3.49. The van der Waals surface area contributed by atoms with Gasteiger partial charge in [0.1, 0.15) is 6.61 Å². The van der Waals surface area contributed by atoms with Gasteiger partial charge in [0.25, 0.3) is 0 Å². The Balaban J connectivity index is 1.25. The van der Waals surface area contributed by atoms with Gasteiger partial charge in [-0.3, -0.25) is 4.79 Å². The number of likely N-dealkylation sites (tertiary alicyclic amines) is 1. The summed E-state index contributed by atoms with van der Waals surface area (Å²) in [7, 11) is 0. The number of aliphatic hydroxyl groups excluding tert-OH is 2. The molecule has 8 nitrogen and oxygen atoms in total. The molecular weight excluding hydrogens is 410 g/mol. The second kappa shape index (κ2) is 10.2. The Morgan fingerprint density at radius 3 is 2.59 bits per heavy atom. The number of carbonyl (C=O) groups is 2. The van der Waals surface area contributed by atoms with Crippen LogP contribution in [-0.2, 0) is 16.1 Å². The van der Waals surface area contributed by atoms with Gasteiger partial charge in [-0.15, -0.1) is 0 Å². The van der Waals surface area contributed by atoms with Crippen molar-refractivity contribution >= 4 is 12.0 Å². The van der Waals surface area contributed by atoms with Crippen molar-refractivity contribution in [1.82, 2.24) is 14.7 Å². The number of β-amino-alcohol motifs (C(OH)–C–C–N with tert-alkyl or cyclic N) is 1. The van der Waals surface area contributed by atoms with Crippen molar-refractivity contribution in [2.75, 3.05) is 45.9 Å². The third kappa shape index (κ3) is 5.42. The molecule has 1 spiro atoms. The van der Waals surface area contributed by atoms with Crippen molar-refractivity contribution in [3.05, 3.63) is 35.9 Å². The molecule has 176 valence electrons. The van der Waals surface area contributed by atoms with E-state index in [2.05, 4.69) is 4.90 Å². The zero-order chi connectivity index (χ0) is 22.6. The molecule has 2 saturated heterocycles. The Morgan fingerprint density at radius 1 is 1.12 bits per heavy atom. The SMILES string of the molecule is O=C(OCc1ccccc1)N1CCC(=O)N([C@H](CO)CCN2CCC3(CC3)[C@H](O)C2)CC1. The largest absolute Gasteiger partial charge is 0.445 e. The van der Waals surface area contributed by atoms with Gasteiger partial charge in [-0.05, 0) is 43.2 Å². The van der Waals surface area contributed by atoms with Crippen molar-refractivity contribution < 1.29 is 24.5 Å². The third-order valence-corrected chi connectivity index (χ3v) is 7.38. The summed E-state index contributed by atoms with van der Waals surface area (Å²) in [6.45, 7) is 3.57. The van der Waals surface area contributed by atoms with Gasteiger partial charge in [0.05, 0.1) is 18.8 Å². The molecule has 1 aliphatic carbocycles. The Morgan fingerprint density at radius 2 is 1.91 bits per heavy atom. The van der Waals surface area contributed by atoms with E-state index in [4.69, 9.17) is 4.74 Å². The van der Waals surface area contributed by atoms with Gasteiger partial charge in [-0.1, -0.05) is 30.3 Å². The average molecular weight is 446 g/mol. The maximum Gasteiger partial charge on any atom is 0.410 e. The van der Waals surface area contributed by atoms with Gasteiger partial charge in [0.2, 0.25) is 5.91 Å². The summed E-state index contributed by atoms with van der Waals surface area (Å²) >= 11 is 0. The molecule has 0 bridgehead atoms. The van der Waals surface area contributed by atoms with Gasteiger partial charge in [0, 0.05) is 39.1 Å². The van der Waals surface area contributed by atoms with Gasteiger partial charge >= 0.3 is 6.09 Å². The van der Waals surface area contributed by atoms with Crippen molar-refractivity contribution in [2.24, 2.45) is 5.41 Å². The van der Waals surface area contributed by atoms with Gasteiger partial charge in [-0.2, -0.15) is 0 Å². The van der Waals surface area contributed by atoms with Crippen LogP contribution in [0.2, 0.25) is 0 Å². The fourth-order valence-electron chi connectivity index (χ4n) is 4.92. The Hall–Kier alpha value is -2.16. The van der Waals surface area contributed by atoms with E-state index in [0.717, 1.165) is 37.9 Å². The summed E-state index contributed by atoms with van der Waals surface area (Å²) in [5.74, 6) is -0.0435. The van der Waals surface area contributed by atoms with Gasteiger partial charge < -0.3 is 29.6 Å². The quantitative estimate of drug-likeness (QED) is 0.660. The maximum atomic E-state index is 12.7. The summed E-state index contributed by atoms with van der Waals surface area (Å²) in [4.78, 5) is 30.8. The number of carbonyl (C=O) groups excluding carboxylic acids is 2. The summed E-state index contributed by atoms with van der Waals surface area (Å²) in [5.41, 5.74) is 1.09. The van der Waals surface area contributed by atoms with Crippen LogP contribution in [0.25, 0.3) is 0 Å². The fraction of sp³-hybridized carbons (Fsp3) is 0.667. The zero-order valence-electron chi connectivity index (χ0n) is 18.7. The standard InChI is InChI=1S/C24H35N3O5/c28-17-20(6-11-25-13-10-24(8-9-24)21(29)16-25)27-15-14-26(12-7-22(27)30)23(31)32-18-19-4-2-1-3-5-19/h1-5,20-21,28-29H,6-18H2/t20-,21+/m0/s1. The second-order valence-corrected chi connectivity index (χ2v) is 9.42. The summed E-state index contributed by atoms with van der Waals surface area (Å²) < 4.78 is 5.42. The Labute approximate surface area is 189 Å². The first-order valence-electron chi connectivity index (χ1n) is 11.8. The van der Waals surface area contributed by atoms with Crippen molar-refractivity contribution in [3.63, 3.8) is 0 Å². The van der Waals surface area contributed by atoms with E-state index in [1.807, 2.05) is 30.3 Å². The van der Waals surface area contributed by atoms with Crippen LogP contribution in [0.1, 0.15) is 37.7 Å². The molecule has 2 aliphatic heterocycles. The van der Waals surface area contributed by atoms with E-state index >= 15 is 0 Å². The van der Waals surface area contributed by atoms with Crippen molar-refractivity contribution in [1.29, 1.82) is 0 Å². The first-order chi connectivity index (χ1) is 15.5. The highest BCUT2D eigenvalue weighted by Gasteiger charge is 2.51. The number of amides is 2. The lowest BCUT2D eigenvalue weighted by atomic mass is 9.90. The lowest BCUT2D eigenvalue weighted by molar-refractivity contribution is -0.133. The van der Waals surface area contributed by atoms with Crippen LogP contribution >= 0.6 is 0 Å². The summed E-state index contributed by atoms with van der Waals surface area (Å²) in [6, 6.07) is 9.23. The molecule has 0 aromatic heterocycles. The molecule has 0 unspecified atom stereocenters. The first kappa shape index (κ1) is 23.0. The number of aliphatic hydroxyl groups is 2. The van der Waals surface area contributed by atoms with Crippen LogP contribution in [0.15, 0.2) is 30.3 Å². The van der Waals surface area contributed by atoms with E-state index < -0.39 is 6.09 Å². The molecule has 2 amide bonds. The predicted molar refractivity (Wildman–Crippen MR) is 119 cm³/mol. The molecule has 2 heterocycles. The molecule has 32 heavy (non-hydrogen) atoms. The first-order valence-corrected chi connectivity index (χ1v) is 11.8. The number of rotatable bonds is 7. The maximum absolute atomic E-state index is 12.7. The molecule has 4 rings (SSSR count). The number of hydrogen-bond acceptors (Lipinski definition) is 6. The number of piperidine rings is 1. The number of hydrogen-bond donors (Lipinski definition) is 2. The van der Waals surface area contributed by atoms with Gasteiger partial charge in [-0.25, -0.2) is 4.79 Å². The minimum Gasteiger partial charge on any atom is -0.445 e. The highest BCUT2D eigenvalue weighted by Crippen LogP contribution is 2.53. The van der Waals surface area contributed by atoms with Crippen LogP contribution < -0.4 is 0 Å². The molecule has 8 heteroatoms.